The second-order valence-corrected chi connectivity index (χ2v) is 3.48. The predicted octanol–water partition coefficient (Wildman–Crippen LogP) is 1.83. The van der Waals surface area contributed by atoms with Gasteiger partial charge in [0.1, 0.15) is 5.82 Å². The molecular formula is C7H5FINO3. The standard InChI is InChI=1S/C7H5FINO3/c8-7-4(3-11)1-5(10(12)13)2-6(7)9/h1-2,11H,3H2. The fourth-order valence-electron chi connectivity index (χ4n) is 0.851. The minimum absolute atomic E-state index is 0.0569. The summed E-state index contributed by atoms with van der Waals surface area (Å²) in [6.45, 7) is -0.538. The van der Waals surface area contributed by atoms with Crippen LogP contribution in [0.3, 0.4) is 0 Å². The largest absolute Gasteiger partial charge is 0.392 e. The number of benzene rings is 1. The van der Waals surface area contributed by atoms with Crippen molar-refractivity contribution in [1.82, 2.24) is 0 Å². The zero-order chi connectivity index (χ0) is 10.0. The summed E-state index contributed by atoms with van der Waals surface area (Å²) >= 11 is 1.64. The van der Waals surface area contributed by atoms with E-state index in [2.05, 4.69) is 0 Å². The van der Waals surface area contributed by atoms with Gasteiger partial charge in [0.25, 0.3) is 5.69 Å². The number of aliphatic hydroxyl groups excluding tert-OH is 1. The SMILES string of the molecule is O=[N+]([O-])c1cc(I)c(F)c(CO)c1. The highest BCUT2D eigenvalue weighted by Gasteiger charge is 2.14. The number of aliphatic hydroxyl groups is 1. The van der Waals surface area contributed by atoms with Crippen LogP contribution >= 0.6 is 22.6 Å². The van der Waals surface area contributed by atoms with Gasteiger partial charge in [-0.05, 0) is 22.6 Å². The van der Waals surface area contributed by atoms with Crippen LogP contribution in [0.1, 0.15) is 5.56 Å². The van der Waals surface area contributed by atoms with Crippen molar-refractivity contribution >= 4 is 28.3 Å². The van der Waals surface area contributed by atoms with Crippen LogP contribution in [0.25, 0.3) is 0 Å². The fraction of sp³-hybridized carbons (Fsp3) is 0.143. The van der Waals surface area contributed by atoms with Gasteiger partial charge in [-0.2, -0.15) is 0 Å². The summed E-state index contributed by atoms with van der Waals surface area (Å²) in [5.74, 6) is -0.603. The summed E-state index contributed by atoms with van der Waals surface area (Å²) in [5.41, 5.74) is -0.270. The molecular weight excluding hydrogens is 292 g/mol. The highest BCUT2D eigenvalue weighted by atomic mass is 127. The maximum absolute atomic E-state index is 13.1. The Labute approximate surface area is 86.7 Å². The van der Waals surface area contributed by atoms with Crippen molar-refractivity contribution in [3.05, 3.63) is 37.2 Å². The van der Waals surface area contributed by atoms with Crippen LogP contribution in [-0.4, -0.2) is 10.0 Å². The van der Waals surface area contributed by atoms with Crippen molar-refractivity contribution < 1.29 is 14.4 Å². The highest BCUT2D eigenvalue weighted by molar-refractivity contribution is 14.1. The summed E-state index contributed by atoms with van der Waals surface area (Å²) in [6.07, 6.45) is 0. The van der Waals surface area contributed by atoms with Crippen molar-refractivity contribution in [1.29, 1.82) is 0 Å². The molecule has 0 atom stereocenters. The third-order valence-electron chi connectivity index (χ3n) is 1.47. The first-order valence-electron chi connectivity index (χ1n) is 3.29. The van der Waals surface area contributed by atoms with E-state index in [4.69, 9.17) is 5.11 Å². The van der Waals surface area contributed by atoms with Crippen molar-refractivity contribution in [3.63, 3.8) is 0 Å². The number of nitro groups is 1. The Bertz CT molecular complexity index is 356. The highest BCUT2D eigenvalue weighted by Crippen LogP contribution is 2.22. The van der Waals surface area contributed by atoms with E-state index < -0.39 is 17.3 Å². The molecule has 0 aliphatic heterocycles. The van der Waals surface area contributed by atoms with Crippen molar-refractivity contribution in [2.45, 2.75) is 6.61 Å². The molecule has 0 aromatic heterocycles. The zero-order valence-corrected chi connectivity index (χ0v) is 8.49. The Balaban J connectivity index is 3.30. The first-order valence-corrected chi connectivity index (χ1v) is 4.37. The Morgan fingerprint density at radius 1 is 1.62 bits per heavy atom. The quantitative estimate of drug-likeness (QED) is 0.514. The van der Waals surface area contributed by atoms with E-state index in [1.165, 1.54) is 0 Å². The van der Waals surface area contributed by atoms with E-state index in [9.17, 15) is 14.5 Å². The first kappa shape index (κ1) is 10.3. The molecule has 0 saturated heterocycles. The molecule has 0 spiro atoms. The molecule has 0 bridgehead atoms. The maximum Gasteiger partial charge on any atom is 0.271 e. The van der Waals surface area contributed by atoms with Crippen LogP contribution in [0.2, 0.25) is 0 Å². The maximum atomic E-state index is 13.1. The molecule has 1 aromatic rings. The van der Waals surface area contributed by atoms with Gasteiger partial charge in [-0.3, -0.25) is 10.1 Å². The predicted molar refractivity (Wildman–Crippen MR) is 51.7 cm³/mol. The van der Waals surface area contributed by atoms with Gasteiger partial charge in [-0.25, -0.2) is 4.39 Å². The third kappa shape index (κ3) is 2.13. The molecule has 0 fully saturated rings. The summed E-state index contributed by atoms with van der Waals surface area (Å²) in [7, 11) is 0. The molecule has 4 nitrogen and oxygen atoms in total. The van der Waals surface area contributed by atoms with Gasteiger partial charge in [-0.1, -0.05) is 0 Å². The lowest BCUT2D eigenvalue weighted by Crippen LogP contribution is -1.97. The Hall–Kier alpha value is -0.760. The van der Waals surface area contributed by atoms with Gasteiger partial charge >= 0.3 is 0 Å². The number of rotatable bonds is 2. The Kier molecular flexibility index (Phi) is 3.15. The Morgan fingerprint density at radius 2 is 2.23 bits per heavy atom. The van der Waals surface area contributed by atoms with E-state index in [0.29, 0.717) is 0 Å². The average molecular weight is 297 g/mol. The molecule has 0 aliphatic carbocycles. The topological polar surface area (TPSA) is 63.4 Å². The molecule has 6 heteroatoms. The lowest BCUT2D eigenvalue weighted by Gasteiger charge is -2.00. The number of hydrogen-bond acceptors (Lipinski definition) is 3. The van der Waals surface area contributed by atoms with Crippen LogP contribution in [0, 0.1) is 19.5 Å². The average Bonchev–Trinajstić information content (AvgIpc) is 2.09. The van der Waals surface area contributed by atoms with E-state index in [-0.39, 0.29) is 14.8 Å². The van der Waals surface area contributed by atoms with Gasteiger partial charge in [0.2, 0.25) is 0 Å². The fourth-order valence-corrected chi connectivity index (χ4v) is 1.52. The van der Waals surface area contributed by atoms with E-state index in [0.717, 1.165) is 12.1 Å². The zero-order valence-electron chi connectivity index (χ0n) is 6.33. The Morgan fingerprint density at radius 3 is 2.69 bits per heavy atom. The number of nitrogens with zero attached hydrogens (tertiary/aromatic N) is 1. The molecule has 0 amide bonds. The molecule has 70 valence electrons. The van der Waals surface area contributed by atoms with Gasteiger partial charge in [0.15, 0.2) is 0 Å². The van der Waals surface area contributed by atoms with Crippen LogP contribution in [0.4, 0.5) is 10.1 Å². The van der Waals surface area contributed by atoms with Gasteiger partial charge < -0.3 is 5.11 Å². The van der Waals surface area contributed by atoms with E-state index in [1.54, 1.807) is 22.6 Å². The van der Waals surface area contributed by atoms with Gasteiger partial charge in [-0.15, -0.1) is 0 Å². The summed E-state index contributed by atoms with van der Waals surface area (Å²) in [4.78, 5) is 9.71. The number of hydrogen-bond donors (Lipinski definition) is 1. The van der Waals surface area contributed by atoms with Crippen LogP contribution in [-0.2, 0) is 6.61 Å². The number of halogens is 2. The smallest absolute Gasteiger partial charge is 0.271 e. The molecule has 0 radical (unpaired) electrons. The van der Waals surface area contributed by atoms with Crippen LogP contribution in [0.5, 0.6) is 0 Å². The molecule has 1 rings (SSSR count). The van der Waals surface area contributed by atoms with E-state index in [1.807, 2.05) is 0 Å². The molecule has 1 N–H and O–H groups in total. The number of nitro benzene ring substituents is 1. The van der Waals surface area contributed by atoms with Gasteiger partial charge in [0.05, 0.1) is 15.1 Å². The van der Waals surface area contributed by atoms with Crippen molar-refractivity contribution in [3.8, 4) is 0 Å². The number of non-ortho nitro benzene ring substituents is 1. The summed E-state index contributed by atoms with van der Waals surface area (Å²) < 4.78 is 13.2. The molecule has 13 heavy (non-hydrogen) atoms. The minimum atomic E-state index is -0.624. The normalized spacial score (nSPS) is 10.1. The van der Waals surface area contributed by atoms with Crippen molar-refractivity contribution in [2.24, 2.45) is 0 Å². The third-order valence-corrected chi connectivity index (χ3v) is 2.25. The van der Waals surface area contributed by atoms with E-state index >= 15 is 0 Å². The molecule has 0 saturated carbocycles. The summed E-state index contributed by atoms with van der Waals surface area (Å²) in [5, 5.41) is 19.0. The molecule has 1 aromatic carbocycles. The lowest BCUT2D eigenvalue weighted by atomic mass is 10.2. The van der Waals surface area contributed by atoms with Crippen molar-refractivity contribution in [2.75, 3.05) is 0 Å². The van der Waals surface area contributed by atoms with Crippen LogP contribution < -0.4 is 0 Å². The second kappa shape index (κ2) is 3.97. The van der Waals surface area contributed by atoms with Gasteiger partial charge in [0, 0.05) is 17.7 Å². The molecule has 0 unspecified atom stereocenters. The molecule has 0 heterocycles. The minimum Gasteiger partial charge on any atom is -0.392 e. The lowest BCUT2D eigenvalue weighted by molar-refractivity contribution is -0.385. The first-order chi connectivity index (χ1) is 6.06. The molecule has 0 aliphatic rings. The monoisotopic (exact) mass is 297 g/mol. The summed E-state index contributed by atoms with van der Waals surface area (Å²) in [6, 6.07) is 2.15. The second-order valence-electron chi connectivity index (χ2n) is 2.32. The van der Waals surface area contributed by atoms with Crippen LogP contribution in [0.15, 0.2) is 12.1 Å².